The number of nitrogens with one attached hydrogen (secondary N) is 1. The molecule has 0 aliphatic carbocycles. The molecule has 0 spiro atoms. The maximum absolute atomic E-state index is 12.8. The predicted octanol–water partition coefficient (Wildman–Crippen LogP) is 4.48. The van der Waals surface area contributed by atoms with Gasteiger partial charge in [0.15, 0.2) is 11.5 Å². The Morgan fingerprint density at radius 3 is 2.75 bits per heavy atom. The van der Waals surface area contributed by atoms with E-state index in [1.54, 1.807) is 18.7 Å². The molecule has 2 heterocycles. The van der Waals surface area contributed by atoms with Crippen molar-refractivity contribution < 1.29 is 19.0 Å². The van der Waals surface area contributed by atoms with Crippen LogP contribution in [0.3, 0.4) is 0 Å². The van der Waals surface area contributed by atoms with E-state index in [0.717, 1.165) is 11.1 Å². The summed E-state index contributed by atoms with van der Waals surface area (Å²) in [5.74, 6) is 1.24. The van der Waals surface area contributed by atoms with Crippen molar-refractivity contribution in [3.63, 3.8) is 0 Å². The van der Waals surface area contributed by atoms with Gasteiger partial charge in [0.05, 0.1) is 23.8 Å². The first-order valence-electron chi connectivity index (χ1n) is 10.1. The number of rotatable bonds is 7. The Hall–Kier alpha value is -3.33. The average Bonchev–Trinajstić information content (AvgIpc) is 3.25. The van der Waals surface area contributed by atoms with Crippen LogP contribution in [-0.2, 0) is 16.1 Å². The second kappa shape index (κ2) is 9.44. The lowest BCUT2D eigenvalue weighted by Gasteiger charge is -2.28. The van der Waals surface area contributed by atoms with E-state index in [0.29, 0.717) is 39.8 Å². The van der Waals surface area contributed by atoms with E-state index in [4.69, 9.17) is 14.2 Å². The summed E-state index contributed by atoms with van der Waals surface area (Å²) in [5.41, 5.74) is 2.93. The number of benzene rings is 2. The number of nitrogens with zero attached hydrogens (tertiary/aromatic N) is 3. The van der Waals surface area contributed by atoms with Gasteiger partial charge in [-0.15, -0.1) is 0 Å². The molecule has 0 amide bonds. The molecule has 0 bridgehead atoms. The molecule has 3 aromatic rings. The minimum Gasteiger partial charge on any atom is -0.493 e. The zero-order chi connectivity index (χ0) is 22.7. The summed E-state index contributed by atoms with van der Waals surface area (Å²) in [6.07, 6.45) is 1.44. The van der Waals surface area contributed by atoms with Crippen molar-refractivity contribution >= 4 is 27.8 Å². The van der Waals surface area contributed by atoms with E-state index in [-0.39, 0.29) is 6.61 Å². The van der Waals surface area contributed by atoms with Crippen molar-refractivity contribution in [3.05, 3.63) is 75.7 Å². The fourth-order valence-corrected chi connectivity index (χ4v) is 4.21. The smallest absolute Gasteiger partial charge is 0.338 e. The highest BCUT2D eigenvalue weighted by Gasteiger charge is 2.35. The van der Waals surface area contributed by atoms with Gasteiger partial charge in [0.2, 0.25) is 5.95 Å². The molecule has 4 rings (SSSR count). The van der Waals surface area contributed by atoms with Gasteiger partial charge in [-0.2, -0.15) is 10.1 Å². The van der Waals surface area contributed by atoms with Crippen LogP contribution in [0.4, 0.5) is 5.95 Å². The number of hydrogen-bond acceptors (Lipinski definition) is 7. The summed E-state index contributed by atoms with van der Waals surface area (Å²) in [5, 5.41) is 7.46. The molecule has 1 aliphatic heterocycles. The fraction of sp³-hybridized carbons (Fsp3) is 0.261. The van der Waals surface area contributed by atoms with Crippen molar-refractivity contribution in [1.82, 2.24) is 14.8 Å². The zero-order valence-corrected chi connectivity index (χ0v) is 19.5. The van der Waals surface area contributed by atoms with Gasteiger partial charge >= 0.3 is 5.97 Å². The number of anilines is 1. The summed E-state index contributed by atoms with van der Waals surface area (Å²) in [4.78, 5) is 17.1. The van der Waals surface area contributed by atoms with Crippen LogP contribution in [0.15, 0.2) is 64.5 Å². The molecule has 0 saturated carbocycles. The molecular weight excluding hydrogens is 476 g/mol. The van der Waals surface area contributed by atoms with Gasteiger partial charge in [-0.25, -0.2) is 9.48 Å². The minimum absolute atomic E-state index is 0.270. The van der Waals surface area contributed by atoms with Crippen LogP contribution < -0.4 is 14.8 Å². The Labute approximate surface area is 194 Å². The molecule has 9 heteroatoms. The summed E-state index contributed by atoms with van der Waals surface area (Å²) < 4.78 is 19.4. The number of hydrogen-bond donors (Lipinski definition) is 1. The third kappa shape index (κ3) is 4.20. The third-order valence-corrected chi connectivity index (χ3v) is 5.67. The maximum atomic E-state index is 12.8. The summed E-state index contributed by atoms with van der Waals surface area (Å²) in [7, 11) is 1.58. The lowest BCUT2D eigenvalue weighted by molar-refractivity contribution is -0.139. The van der Waals surface area contributed by atoms with E-state index in [9.17, 15) is 4.79 Å². The van der Waals surface area contributed by atoms with Gasteiger partial charge in [0, 0.05) is 5.70 Å². The molecule has 32 heavy (non-hydrogen) atoms. The molecular formula is C23H23BrN4O4. The largest absolute Gasteiger partial charge is 0.493 e. The quantitative estimate of drug-likeness (QED) is 0.480. The Balaban J connectivity index is 1.74. The summed E-state index contributed by atoms with van der Waals surface area (Å²) >= 11 is 3.61. The number of allylic oxidation sites excluding steroid dienone is 1. The van der Waals surface area contributed by atoms with Crippen LogP contribution >= 0.6 is 15.9 Å². The van der Waals surface area contributed by atoms with Gasteiger partial charge in [0.1, 0.15) is 19.0 Å². The normalized spacial score (nSPS) is 15.1. The fourth-order valence-electron chi connectivity index (χ4n) is 3.64. The molecule has 0 fully saturated rings. The van der Waals surface area contributed by atoms with E-state index >= 15 is 0 Å². The highest BCUT2D eigenvalue weighted by atomic mass is 79.9. The third-order valence-electron chi connectivity index (χ3n) is 5.08. The molecule has 2 aromatic carbocycles. The SMILES string of the molecule is CCOC(=O)C1=C(C)Nc2ncnn2C1c1cc(Br)c(OCc2ccccc2)c(OC)c1. The highest BCUT2D eigenvalue weighted by molar-refractivity contribution is 9.10. The van der Waals surface area contributed by atoms with E-state index in [1.807, 2.05) is 49.4 Å². The van der Waals surface area contributed by atoms with E-state index in [2.05, 4.69) is 31.3 Å². The number of methoxy groups -OCH3 is 1. The minimum atomic E-state index is -0.541. The van der Waals surface area contributed by atoms with Crippen molar-refractivity contribution in [2.45, 2.75) is 26.5 Å². The highest BCUT2D eigenvalue weighted by Crippen LogP contribution is 2.43. The number of carbonyl (C=O) groups is 1. The standard InChI is InChI=1S/C23H23BrN4O4/c1-4-31-22(29)19-14(2)27-23-25-13-26-28(23)20(19)16-10-17(24)21(18(11-16)30-3)32-12-15-8-6-5-7-9-15/h5-11,13,20H,4,12H2,1-3H3,(H,25,26,27). The number of carbonyl (C=O) groups excluding carboxylic acids is 1. The van der Waals surface area contributed by atoms with Gasteiger partial charge in [-0.05, 0) is 53.0 Å². The number of ether oxygens (including phenoxy) is 3. The Morgan fingerprint density at radius 1 is 1.25 bits per heavy atom. The van der Waals surface area contributed by atoms with Crippen molar-refractivity contribution in [2.75, 3.05) is 19.0 Å². The van der Waals surface area contributed by atoms with Crippen molar-refractivity contribution in [1.29, 1.82) is 0 Å². The second-order valence-corrected chi connectivity index (χ2v) is 7.98. The van der Waals surface area contributed by atoms with Gasteiger partial charge in [0.25, 0.3) is 0 Å². The molecule has 1 N–H and O–H groups in total. The first-order valence-corrected chi connectivity index (χ1v) is 10.9. The van der Waals surface area contributed by atoms with Crippen LogP contribution in [0.2, 0.25) is 0 Å². The Morgan fingerprint density at radius 2 is 2.03 bits per heavy atom. The molecule has 1 atom stereocenters. The molecule has 1 aliphatic rings. The van der Waals surface area contributed by atoms with Gasteiger partial charge < -0.3 is 19.5 Å². The average molecular weight is 499 g/mol. The van der Waals surface area contributed by atoms with Crippen molar-refractivity contribution in [3.8, 4) is 11.5 Å². The first-order chi connectivity index (χ1) is 15.5. The molecule has 0 radical (unpaired) electrons. The number of halogens is 1. The lowest BCUT2D eigenvalue weighted by Crippen LogP contribution is -2.29. The molecule has 8 nitrogen and oxygen atoms in total. The lowest BCUT2D eigenvalue weighted by atomic mass is 9.95. The van der Waals surface area contributed by atoms with Crippen molar-refractivity contribution in [2.24, 2.45) is 0 Å². The van der Waals surface area contributed by atoms with Crippen LogP contribution in [0, 0.1) is 0 Å². The maximum Gasteiger partial charge on any atom is 0.338 e. The first kappa shape index (κ1) is 21.9. The number of esters is 1. The Kier molecular flexibility index (Phi) is 6.45. The topological polar surface area (TPSA) is 87.5 Å². The van der Waals surface area contributed by atoms with Gasteiger partial charge in [-0.1, -0.05) is 30.3 Å². The van der Waals surface area contributed by atoms with Crippen LogP contribution in [0.1, 0.15) is 31.0 Å². The predicted molar refractivity (Wildman–Crippen MR) is 123 cm³/mol. The molecule has 0 saturated heterocycles. The van der Waals surface area contributed by atoms with Crippen LogP contribution in [0.5, 0.6) is 11.5 Å². The number of aromatic nitrogens is 3. The van der Waals surface area contributed by atoms with Crippen LogP contribution in [-0.4, -0.2) is 34.5 Å². The summed E-state index contributed by atoms with van der Waals surface area (Å²) in [6, 6.07) is 13.1. The Bertz CT molecular complexity index is 1160. The van der Waals surface area contributed by atoms with E-state index < -0.39 is 12.0 Å². The zero-order valence-electron chi connectivity index (χ0n) is 18.0. The molecule has 1 aromatic heterocycles. The molecule has 1 unspecified atom stereocenters. The van der Waals surface area contributed by atoms with E-state index in [1.165, 1.54) is 6.33 Å². The monoisotopic (exact) mass is 498 g/mol. The summed E-state index contributed by atoms with van der Waals surface area (Å²) in [6.45, 7) is 4.26. The van der Waals surface area contributed by atoms with Gasteiger partial charge in [-0.3, -0.25) is 0 Å². The second-order valence-electron chi connectivity index (χ2n) is 7.12. The van der Waals surface area contributed by atoms with Crippen LogP contribution in [0.25, 0.3) is 0 Å². The number of fused-ring (bicyclic) bond motifs is 1. The molecule has 166 valence electrons.